The fourth-order valence-corrected chi connectivity index (χ4v) is 2.65. The minimum atomic E-state index is -0.302. The van der Waals surface area contributed by atoms with Crippen molar-refractivity contribution in [2.24, 2.45) is 0 Å². The van der Waals surface area contributed by atoms with Crippen molar-refractivity contribution in [3.8, 4) is 0 Å². The minimum Gasteiger partial charge on any atom is -0.468 e. The van der Waals surface area contributed by atoms with Gasteiger partial charge in [-0.15, -0.1) is 11.8 Å². The van der Waals surface area contributed by atoms with Gasteiger partial charge in [0.2, 0.25) is 0 Å². The summed E-state index contributed by atoms with van der Waals surface area (Å²) in [6, 6.07) is 7.53. The zero-order chi connectivity index (χ0) is 11.3. The molecule has 1 aromatic rings. The van der Waals surface area contributed by atoms with Crippen LogP contribution in [0.1, 0.15) is 0 Å². The third kappa shape index (κ3) is 4.05. The Morgan fingerprint density at radius 3 is 2.87 bits per heavy atom. The molecule has 0 saturated carbocycles. The maximum Gasteiger partial charge on any atom is 0.320 e. The van der Waals surface area contributed by atoms with E-state index in [4.69, 9.17) is 11.6 Å². The topological polar surface area (TPSA) is 26.3 Å². The molecule has 0 aliphatic rings. The van der Waals surface area contributed by atoms with Gasteiger partial charge in [0.15, 0.2) is 0 Å². The van der Waals surface area contributed by atoms with E-state index in [1.807, 2.05) is 24.3 Å². The lowest BCUT2D eigenvalue weighted by molar-refractivity contribution is -0.139. The van der Waals surface area contributed by atoms with Crippen LogP contribution < -0.4 is 0 Å². The molecular formula is C10H10BrClO2S. The highest BCUT2D eigenvalue weighted by atomic mass is 79.9. The first-order valence-electron chi connectivity index (χ1n) is 4.24. The third-order valence-electron chi connectivity index (χ3n) is 1.68. The Kier molecular flexibility index (Phi) is 5.50. The van der Waals surface area contributed by atoms with Crippen molar-refractivity contribution in [2.75, 3.05) is 12.9 Å². The molecule has 15 heavy (non-hydrogen) atoms. The normalized spacial score (nSPS) is 12.2. The van der Waals surface area contributed by atoms with Crippen LogP contribution >= 0.6 is 39.3 Å². The maximum absolute atomic E-state index is 11.1. The Morgan fingerprint density at radius 2 is 2.27 bits per heavy atom. The van der Waals surface area contributed by atoms with Crippen molar-refractivity contribution in [3.63, 3.8) is 0 Å². The number of hydrogen-bond acceptors (Lipinski definition) is 3. The fraction of sp³-hybridized carbons (Fsp3) is 0.300. The molecule has 82 valence electrons. The Hall–Kier alpha value is -0.190. The van der Waals surface area contributed by atoms with Crippen LogP contribution in [-0.4, -0.2) is 23.7 Å². The molecule has 0 radical (unpaired) electrons. The molecule has 0 bridgehead atoms. The average molecular weight is 310 g/mol. The third-order valence-corrected chi connectivity index (χ3v) is 4.41. The molecule has 2 nitrogen and oxygen atoms in total. The van der Waals surface area contributed by atoms with Gasteiger partial charge in [0.05, 0.1) is 12.1 Å². The van der Waals surface area contributed by atoms with Crippen LogP contribution in [-0.2, 0) is 9.53 Å². The van der Waals surface area contributed by atoms with Gasteiger partial charge in [-0.2, -0.15) is 0 Å². The lowest BCUT2D eigenvalue weighted by Crippen LogP contribution is -2.17. The molecule has 0 heterocycles. The van der Waals surface area contributed by atoms with Gasteiger partial charge in [0, 0.05) is 10.6 Å². The van der Waals surface area contributed by atoms with Crippen LogP contribution in [0.2, 0.25) is 5.02 Å². The van der Waals surface area contributed by atoms with Crippen molar-refractivity contribution in [3.05, 3.63) is 29.3 Å². The number of rotatable bonds is 4. The summed E-state index contributed by atoms with van der Waals surface area (Å²) in [5.74, 6) is 0.325. The molecule has 1 aromatic carbocycles. The van der Waals surface area contributed by atoms with Gasteiger partial charge in [-0.05, 0) is 12.1 Å². The summed E-state index contributed by atoms with van der Waals surface area (Å²) in [5.41, 5.74) is 0. The minimum absolute atomic E-state index is 0.269. The van der Waals surface area contributed by atoms with Crippen molar-refractivity contribution >= 4 is 45.3 Å². The highest BCUT2D eigenvalue weighted by Gasteiger charge is 2.15. The van der Waals surface area contributed by atoms with E-state index in [2.05, 4.69) is 20.7 Å². The van der Waals surface area contributed by atoms with Crippen LogP contribution in [0.25, 0.3) is 0 Å². The van der Waals surface area contributed by atoms with Gasteiger partial charge in [0.25, 0.3) is 0 Å². The molecule has 1 rings (SSSR count). The van der Waals surface area contributed by atoms with E-state index in [-0.39, 0.29) is 10.8 Å². The maximum atomic E-state index is 11.1. The van der Waals surface area contributed by atoms with Crippen molar-refractivity contribution in [1.82, 2.24) is 0 Å². The quantitative estimate of drug-likeness (QED) is 0.484. The summed E-state index contributed by atoms with van der Waals surface area (Å²) < 4.78 is 4.60. The molecule has 0 amide bonds. The number of alkyl halides is 1. The van der Waals surface area contributed by atoms with Crippen LogP contribution in [0.15, 0.2) is 29.2 Å². The van der Waals surface area contributed by atoms with Gasteiger partial charge in [0.1, 0.15) is 4.83 Å². The number of hydrogen-bond donors (Lipinski definition) is 0. The smallest absolute Gasteiger partial charge is 0.320 e. The molecule has 5 heteroatoms. The zero-order valence-electron chi connectivity index (χ0n) is 8.07. The van der Waals surface area contributed by atoms with E-state index in [1.54, 1.807) is 0 Å². The van der Waals surface area contributed by atoms with E-state index in [0.29, 0.717) is 10.8 Å². The summed E-state index contributed by atoms with van der Waals surface area (Å²) in [4.78, 5) is 11.8. The van der Waals surface area contributed by atoms with Gasteiger partial charge >= 0.3 is 5.97 Å². The first-order chi connectivity index (χ1) is 7.15. The van der Waals surface area contributed by atoms with E-state index in [0.717, 1.165) is 4.90 Å². The fourth-order valence-electron chi connectivity index (χ4n) is 0.921. The van der Waals surface area contributed by atoms with E-state index in [9.17, 15) is 4.79 Å². The van der Waals surface area contributed by atoms with Gasteiger partial charge in [-0.25, -0.2) is 0 Å². The number of carbonyl (C=O) groups is 1. The lowest BCUT2D eigenvalue weighted by Gasteiger charge is -2.07. The second kappa shape index (κ2) is 6.40. The van der Waals surface area contributed by atoms with Crippen LogP contribution in [0.5, 0.6) is 0 Å². The zero-order valence-corrected chi connectivity index (χ0v) is 11.2. The van der Waals surface area contributed by atoms with E-state index >= 15 is 0 Å². The Balaban J connectivity index is 2.50. The molecule has 0 aromatic heterocycles. The average Bonchev–Trinajstić information content (AvgIpc) is 2.26. The van der Waals surface area contributed by atoms with E-state index < -0.39 is 0 Å². The van der Waals surface area contributed by atoms with Gasteiger partial charge in [-0.3, -0.25) is 4.79 Å². The second-order valence-corrected chi connectivity index (χ2v) is 5.31. The number of halogens is 2. The summed E-state index contributed by atoms with van der Waals surface area (Å²) in [5, 5.41) is 0.701. The molecule has 0 aliphatic heterocycles. The van der Waals surface area contributed by atoms with Gasteiger partial charge < -0.3 is 4.74 Å². The predicted octanol–water partition coefficient (Wildman–Crippen LogP) is 3.37. The Morgan fingerprint density at radius 1 is 1.60 bits per heavy atom. The number of carbonyl (C=O) groups excluding carboxylic acids is 1. The molecule has 0 aliphatic carbocycles. The molecule has 1 unspecified atom stereocenters. The predicted molar refractivity (Wildman–Crippen MR) is 66.9 cm³/mol. The standard InChI is InChI=1S/C10H10BrClO2S/c1-14-10(13)7(11)6-15-9-5-3-2-4-8(9)12/h2-5,7H,6H2,1H3. The summed E-state index contributed by atoms with van der Waals surface area (Å²) in [7, 11) is 1.37. The first-order valence-corrected chi connectivity index (χ1v) is 6.52. The number of benzene rings is 1. The Labute approximate surface area is 106 Å². The second-order valence-electron chi connectivity index (χ2n) is 2.73. The van der Waals surface area contributed by atoms with Gasteiger partial charge in [-0.1, -0.05) is 39.7 Å². The number of thioether (sulfide) groups is 1. The number of methoxy groups -OCH3 is 1. The number of ether oxygens (including phenoxy) is 1. The largest absolute Gasteiger partial charge is 0.468 e. The summed E-state index contributed by atoms with van der Waals surface area (Å²) in [6.07, 6.45) is 0. The lowest BCUT2D eigenvalue weighted by atomic mass is 10.4. The summed E-state index contributed by atoms with van der Waals surface area (Å²) >= 11 is 10.7. The van der Waals surface area contributed by atoms with Crippen molar-refractivity contribution in [1.29, 1.82) is 0 Å². The summed E-state index contributed by atoms with van der Waals surface area (Å²) in [6.45, 7) is 0. The molecule has 0 spiro atoms. The first kappa shape index (κ1) is 12.9. The number of esters is 1. The molecule has 0 fully saturated rings. The molecular weight excluding hydrogens is 300 g/mol. The van der Waals surface area contributed by atoms with E-state index in [1.165, 1.54) is 18.9 Å². The molecule has 0 saturated heterocycles. The van der Waals surface area contributed by atoms with Crippen LogP contribution in [0.4, 0.5) is 0 Å². The highest BCUT2D eigenvalue weighted by Crippen LogP contribution is 2.28. The SMILES string of the molecule is COC(=O)C(Br)CSc1ccccc1Cl. The highest BCUT2D eigenvalue weighted by molar-refractivity contribution is 9.10. The molecule has 1 atom stereocenters. The van der Waals surface area contributed by atoms with Crippen molar-refractivity contribution < 1.29 is 9.53 Å². The van der Waals surface area contributed by atoms with Crippen molar-refractivity contribution in [2.45, 2.75) is 9.72 Å². The molecule has 0 N–H and O–H groups in total. The van der Waals surface area contributed by atoms with Crippen LogP contribution in [0, 0.1) is 0 Å². The monoisotopic (exact) mass is 308 g/mol. The Bertz CT molecular complexity index is 346. The van der Waals surface area contributed by atoms with Crippen LogP contribution in [0.3, 0.4) is 0 Å².